The summed E-state index contributed by atoms with van der Waals surface area (Å²) in [7, 11) is 0. The lowest BCUT2D eigenvalue weighted by atomic mass is 10.1. The molecule has 3 rings (SSSR count). The molecule has 0 saturated carbocycles. The molecule has 5 nitrogen and oxygen atoms in total. The monoisotopic (exact) mass is 256 g/mol. The number of hydrogen-bond donors (Lipinski definition) is 0. The van der Waals surface area contributed by atoms with E-state index in [1.807, 2.05) is 12.1 Å². The SMILES string of the molecule is c1cncc(OC2CCCN(c3cnccn3)C2)c1. The summed E-state index contributed by atoms with van der Waals surface area (Å²) >= 11 is 0. The predicted molar refractivity (Wildman–Crippen MR) is 72.1 cm³/mol. The molecule has 0 spiro atoms. The van der Waals surface area contributed by atoms with Gasteiger partial charge in [-0.1, -0.05) is 0 Å². The van der Waals surface area contributed by atoms with E-state index in [1.54, 1.807) is 31.0 Å². The van der Waals surface area contributed by atoms with Crippen molar-refractivity contribution in [3.8, 4) is 5.75 Å². The molecule has 1 aliphatic rings. The van der Waals surface area contributed by atoms with E-state index in [9.17, 15) is 0 Å². The fourth-order valence-corrected chi connectivity index (χ4v) is 2.31. The van der Waals surface area contributed by atoms with Gasteiger partial charge in [0.2, 0.25) is 0 Å². The van der Waals surface area contributed by atoms with Crippen molar-refractivity contribution in [3.63, 3.8) is 0 Å². The van der Waals surface area contributed by atoms with E-state index in [0.717, 1.165) is 37.5 Å². The van der Waals surface area contributed by atoms with Gasteiger partial charge < -0.3 is 9.64 Å². The van der Waals surface area contributed by atoms with Gasteiger partial charge in [-0.15, -0.1) is 0 Å². The summed E-state index contributed by atoms with van der Waals surface area (Å²) in [5.74, 6) is 1.75. The maximum Gasteiger partial charge on any atom is 0.147 e. The van der Waals surface area contributed by atoms with Crippen LogP contribution in [0.5, 0.6) is 5.75 Å². The molecular weight excluding hydrogens is 240 g/mol. The van der Waals surface area contributed by atoms with Crippen molar-refractivity contribution in [2.24, 2.45) is 0 Å². The van der Waals surface area contributed by atoms with Crippen LogP contribution in [0.1, 0.15) is 12.8 Å². The molecular formula is C14H16N4O. The molecule has 1 atom stereocenters. The average molecular weight is 256 g/mol. The van der Waals surface area contributed by atoms with Crippen LogP contribution in [0, 0.1) is 0 Å². The molecule has 0 bridgehead atoms. The molecule has 3 heterocycles. The van der Waals surface area contributed by atoms with Gasteiger partial charge in [0.1, 0.15) is 17.7 Å². The fourth-order valence-electron chi connectivity index (χ4n) is 2.31. The zero-order valence-corrected chi connectivity index (χ0v) is 10.6. The van der Waals surface area contributed by atoms with E-state index in [4.69, 9.17) is 4.74 Å². The van der Waals surface area contributed by atoms with Crippen LogP contribution in [-0.2, 0) is 0 Å². The Kier molecular flexibility index (Phi) is 3.54. The van der Waals surface area contributed by atoms with Crippen molar-refractivity contribution in [1.82, 2.24) is 15.0 Å². The van der Waals surface area contributed by atoms with Crippen molar-refractivity contribution >= 4 is 5.82 Å². The van der Waals surface area contributed by atoms with Gasteiger partial charge in [0.25, 0.3) is 0 Å². The van der Waals surface area contributed by atoms with Crippen LogP contribution in [0.15, 0.2) is 43.1 Å². The average Bonchev–Trinajstić information content (AvgIpc) is 2.49. The summed E-state index contributed by atoms with van der Waals surface area (Å²) in [5, 5.41) is 0. The normalized spacial score (nSPS) is 19.2. The summed E-state index contributed by atoms with van der Waals surface area (Å²) in [5.41, 5.74) is 0. The number of pyridine rings is 1. The lowest BCUT2D eigenvalue weighted by molar-refractivity contribution is 0.178. The van der Waals surface area contributed by atoms with E-state index < -0.39 is 0 Å². The molecule has 98 valence electrons. The van der Waals surface area contributed by atoms with E-state index >= 15 is 0 Å². The van der Waals surface area contributed by atoms with Crippen molar-refractivity contribution in [2.75, 3.05) is 18.0 Å². The van der Waals surface area contributed by atoms with E-state index in [2.05, 4.69) is 19.9 Å². The Morgan fingerprint density at radius 2 is 2.11 bits per heavy atom. The highest BCUT2D eigenvalue weighted by Crippen LogP contribution is 2.20. The molecule has 1 unspecified atom stereocenters. The van der Waals surface area contributed by atoms with Gasteiger partial charge in [-0.2, -0.15) is 0 Å². The zero-order chi connectivity index (χ0) is 12.9. The second-order valence-electron chi connectivity index (χ2n) is 4.58. The number of rotatable bonds is 3. The van der Waals surface area contributed by atoms with Gasteiger partial charge in [0, 0.05) is 25.1 Å². The molecule has 0 aromatic carbocycles. The number of anilines is 1. The third kappa shape index (κ3) is 2.99. The molecule has 2 aromatic heterocycles. The molecule has 1 saturated heterocycles. The molecule has 1 aliphatic heterocycles. The van der Waals surface area contributed by atoms with Gasteiger partial charge in [-0.05, 0) is 25.0 Å². The molecule has 0 radical (unpaired) electrons. The molecule has 19 heavy (non-hydrogen) atoms. The molecule has 0 aliphatic carbocycles. The number of ether oxygens (including phenoxy) is 1. The first kappa shape index (κ1) is 11.9. The molecule has 1 fully saturated rings. The first-order valence-corrected chi connectivity index (χ1v) is 6.49. The van der Waals surface area contributed by atoms with E-state index in [-0.39, 0.29) is 6.10 Å². The van der Waals surface area contributed by atoms with Gasteiger partial charge in [-0.25, -0.2) is 4.98 Å². The highest BCUT2D eigenvalue weighted by Gasteiger charge is 2.22. The summed E-state index contributed by atoms with van der Waals surface area (Å²) in [6, 6.07) is 3.83. The van der Waals surface area contributed by atoms with Gasteiger partial charge in [-0.3, -0.25) is 9.97 Å². The third-order valence-corrected chi connectivity index (χ3v) is 3.19. The van der Waals surface area contributed by atoms with Gasteiger partial charge in [0.15, 0.2) is 0 Å². The lowest BCUT2D eigenvalue weighted by Crippen LogP contribution is -2.41. The van der Waals surface area contributed by atoms with Gasteiger partial charge in [0.05, 0.1) is 18.9 Å². The molecule has 2 aromatic rings. The highest BCUT2D eigenvalue weighted by molar-refractivity contribution is 5.36. The number of hydrogen-bond acceptors (Lipinski definition) is 5. The zero-order valence-electron chi connectivity index (χ0n) is 10.6. The second kappa shape index (κ2) is 5.65. The summed E-state index contributed by atoms with van der Waals surface area (Å²) in [4.78, 5) is 14.7. The van der Waals surface area contributed by atoms with Crippen LogP contribution in [0.25, 0.3) is 0 Å². The predicted octanol–water partition coefficient (Wildman–Crippen LogP) is 1.92. The Morgan fingerprint density at radius 1 is 1.16 bits per heavy atom. The first-order valence-electron chi connectivity index (χ1n) is 6.49. The molecule has 0 amide bonds. The van der Waals surface area contributed by atoms with Crippen LogP contribution >= 0.6 is 0 Å². The molecule has 0 N–H and O–H groups in total. The molecule has 5 heteroatoms. The maximum atomic E-state index is 5.95. The smallest absolute Gasteiger partial charge is 0.147 e. The van der Waals surface area contributed by atoms with E-state index in [1.165, 1.54) is 0 Å². The van der Waals surface area contributed by atoms with Crippen molar-refractivity contribution in [1.29, 1.82) is 0 Å². The summed E-state index contributed by atoms with van der Waals surface area (Å²) < 4.78 is 5.95. The quantitative estimate of drug-likeness (QED) is 0.839. The fraction of sp³-hybridized carbons (Fsp3) is 0.357. The minimum absolute atomic E-state index is 0.181. The second-order valence-corrected chi connectivity index (χ2v) is 4.58. The minimum atomic E-state index is 0.181. The summed E-state index contributed by atoms with van der Waals surface area (Å²) in [6.45, 7) is 1.85. The van der Waals surface area contributed by atoms with Gasteiger partial charge >= 0.3 is 0 Å². The standard InChI is InChI=1S/C14H16N4O/c1-3-12(9-15-5-1)19-13-4-2-8-18(11-13)14-10-16-6-7-17-14/h1,3,5-7,9-10,13H,2,4,8,11H2. The van der Waals surface area contributed by atoms with Crippen LogP contribution in [-0.4, -0.2) is 34.1 Å². The summed E-state index contributed by atoms with van der Waals surface area (Å²) in [6.07, 6.45) is 11.1. The lowest BCUT2D eigenvalue weighted by Gasteiger charge is -2.33. The van der Waals surface area contributed by atoms with Crippen LogP contribution < -0.4 is 9.64 Å². The Balaban J connectivity index is 1.65. The Morgan fingerprint density at radius 3 is 2.89 bits per heavy atom. The van der Waals surface area contributed by atoms with E-state index in [0.29, 0.717) is 0 Å². The minimum Gasteiger partial charge on any atom is -0.487 e. The Labute approximate surface area is 112 Å². The Bertz CT molecular complexity index is 505. The third-order valence-electron chi connectivity index (χ3n) is 3.19. The van der Waals surface area contributed by atoms with Crippen LogP contribution in [0.2, 0.25) is 0 Å². The topological polar surface area (TPSA) is 51.1 Å². The Hall–Kier alpha value is -2.17. The highest BCUT2D eigenvalue weighted by atomic mass is 16.5. The van der Waals surface area contributed by atoms with Crippen molar-refractivity contribution < 1.29 is 4.74 Å². The number of nitrogens with zero attached hydrogens (tertiary/aromatic N) is 4. The first-order chi connectivity index (χ1) is 9.42. The van der Waals surface area contributed by atoms with Crippen molar-refractivity contribution in [3.05, 3.63) is 43.1 Å². The number of aromatic nitrogens is 3. The van der Waals surface area contributed by atoms with Crippen molar-refractivity contribution in [2.45, 2.75) is 18.9 Å². The van der Waals surface area contributed by atoms with Crippen LogP contribution in [0.4, 0.5) is 5.82 Å². The van der Waals surface area contributed by atoms with Crippen LogP contribution in [0.3, 0.4) is 0 Å². The maximum absolute atomic E-state index is 5.95. The number of piperidine rings is 1. The largest absolute Gasteiger partial charge is 0.487 e.